The SMILES string of the molecule is Cc1cccc(C#N)c1N1CCCc2ccccc21. The molecule has 0 aromatic heterocycles. The van der Waals surface area contributed by atoms with E-state index in [-0.39, 0.29) is 0 Å². The number of anilines is 2. The van der Waals surface area contributed by atoms with Gasteiger partial charge in [0.2, 0.25) is 0 Å². The number of rotatable bonds is 1. The van der Waals surface area contributed by atoms with E-state index in [0.29, 0.717) is 0 Å². The second-order valence-corrected chi connectivity index (χ2v) is 4.97. The molecule has 2 heteroatoms. The van der Waals surface area contributed by atoms with Gasteiger partial charge in [-0.2, -0.15) is 5.26 Å². The minimum Gasteiger partial charge on any atom is -0.340 e. The number of nitrogens with zero attached hydrogens (tertiary/aromatic N) is 2. The molecule has 0 spiro atoms. The fourth-order valence-electron chi connectivity index (χ4n) is 2.87. The van der Waals surface area contributed by atoms with Crippen LogP contribution in [0.4, 0.5) is 11.4 Å². The number of para-hydroxylation sites is 2. The van der Waals surface area contributed by atoms with Crippen molar-refractivity contribution in [3.8, 4) is 6.07 Å². The second-order valence-electron chi connectivity index (χ2n) is 4.97. The van der Waals surface area contributed by atoms with Gasteiger partial charge >= 0.3 is 0 Å². The van der Waals surface area contributed by atoms with Gasteiger partial charge in [-0.3, -0.25) is 0 Å². The summed E-state index contributed by atoms with van der Waals surface area (Å²) < 4.78 is 0. The molecule has 3 rings (SSSR count). The number of nitriles is 1. The Balaban J connectivity index is 2.18. The molecule has 1 aliphatic heterocycles. The summed E-state index contributed by atoms with van der Waals surface area (Å²) in [6, 6.07) is 16.8. The first kappa shape index (κ1) is 11.8. The number of hydrogen-bond acceptors (Lipinski definition) is 2. The molecule has 19 heavy (non-hydrogen) atoms. The third-order valence-electron chi connectivity index (χ3n) is 3.74. The number of hydrogen-bond donors (Lipinski definition) is 0. The fourth-order valence-corrected chi connectivity index (χ4v) is 2.87. The Morgan fingerprint density at radius 2 is 1.95 bits per heavy atom. The maximum atomic E-state index is 9.34. The van der Waals surface area contributed by atoms with E-state index in [1.54, 1.807) is 0 Å². The minimum absolute atomic E-state index is 0.761. The van der Waals surface area contributed by atoms with Crippen LogP contribution in [0.25, 0.3) is 0 Å². The van der Waals surface area contributed by atoms with Crippen molar-refractivity contribution in [2.45, 2.75) is 19.8 Å². The van der Waals surface area contributed by atoms with Gasteiger partial charge in [0, 0.05) is 12.2 Å². The minimum atomic E-state index is 0.761. The van der Waals surface area contributed by atoms with Crippen molar-refractivity contribution in [3.05, 3.63) is 59.2 Å². The summed E-state index contributed by atoms with van der Waals surface area (Å²) in [5, 5.41) is 9.34. The molecule has 0 saturated carbocycles. The molecule has 94 valence electrons. The topological polar surface area (TPSA) is 27.0 Å². The van der Waals surface area contributed by atoms with Crippen molar-refractivity contribution in [1.29, 1.82) is 5.26 Å². The first-order chi connectivity index (χ1) is 9.31. The van der Waals surface area contributed by atoms with Gasteiger partial charge in [-0.25, -0.2) is 0 Å². The molecule has 0 aliphatic carbocycles. The molecule has 0 bridgehead atoms. The van der Waals surface area contributed by atoms with E-state index in [2.05, 4.69) is 48.2 Å². The van der Waals surface area contributed by atoms with Crippen molar-refractivity contribution in [3.63, 3.8) is 0 Å². The van der Waals surface area contributed by atoms with Crippen molar-refractivity contribution in [2.75, 3.05) is 11.4 Å². The zero-order valence-electron chi connectivity index (χ0n) is 11.1. The van der Waals surface area contributed by atoms with Crippen molar-refractivity contribution in [1.82, 2.24) is 0 Å². The molecule has 0 N–H and O–H groups in total. The van der Waals surface area contributed by atoms with Crippen LogP contribution in [-0.2, 0) is 6.42 Å². The molecule has 1 aliphatic rings. The number of benzene rings is 2. The Bertz CT molecular complexity index is 653. The molecule has 0 atom stereocenters. The normalized spacial score (nSPS) is 13.8. The van der Waals surface area contributed by atoms with Crippen LogP contribution in [-0.4, -0.2) is 6.54 Å². The van der Waals surface area contributed by atoms with E-state index >= 15 is 0 Å². The van der Waals surface area contributed by atoms with E-state index < -0.39 is 0 Å². The maximum Gasteiger partial charge on any atom is 0.101 e. The summed E-state index contributed by atoms with van der Waals surface area (Å²) in [5.74, 6) is 0. The van der Waals surface area contributed by atoms with Crippen molar-refractivity contribution < 1.29 is 0 Å². The molecule has 2 nitrogen and oxygen atoms in total. The summed E-state index contributed by atoms with van der Waals surface area (Å²) >= 11 is 0. The molecule has 2 aromatic rings. The Morgan fingerprint density at radius 1 is 1.11 bits per heavy atom. The third-order valence-corrected chi connectivity index (χ3v) is 3.74. The van der Waals surface area contributed by atoms with E-state index in [0.717, 1.165) is 36.2 Å². The van der Waals surface area contributed by atoms with E-state index in [1.807, 2.05) is 12.1 Å². The smallest absolute Gasteiger partial charge is 0.101 e. The summed E-state index contributed by atoms with van der Waals surface area (Å²) in [4.78, 5) is 2.30. The second kappa shape index (κ2) is 4.78. The van der Waals surface area contributed by atoms with Crippen LogP contribution in [0.5, 0.6) is 0 Å². The molecular weight excluding hydrogens is 232 g/mol. The Labute approximate surface area is 113 Å². The van der Waals surface area contributed by atoms with Crippen LogP contribution in [0.3, 0.4) is 0 Å². The van der Waals surface area contributed by atoms with Crippen molar-refractivity contribution >= 4 is 11.4 Å². The zero-order chi connectivity index (χ0) is 13.2. The molecule has 2 aromatic carbocycles. The average Bonchev–Trinajstić information content (AvgIpc) is 2.46. The molecular formula is C17H16N2. The predicted octanol–water partition coefficient (Wildman–Crippen LogP) is 3.95. The highest BCUT2D eigenvalue weighted by atomic mass is 15.1. The highest BCUT2D eigenvalue weighted by molar-refractivity contribution is 5.74. The largest absolute Gasteiger partial charge is 0.340 e. The lowest BCUT2D eigenvalue weighted by molar-refractivity contribution is 0.765. The summed E-state index contributed by atoms with van der Waals surface area (Å²) in [6.07, 6.45) is 2.26. The fraction of sp³-hybridized carbons (Fsp3) is 0.235. The highest BCUT2D eigenvalue weighted by Crippen LogP contribution is 2.36. The Morgan fingerprint density at radius 3 is 2.79 bits per heavy atom. The van der Waals surface area contributed by atoms with E-state index in [1.165, 1.54) is 11.3 Å². The molecule has 0 radical (unpaired) electrons. The van der Waals surface area contributed by atoms with Gasteiger partial charge in [0.05, 0.1) is 11.3 Å². The van der Waals surface area contributed by atoms with Gasteiger partial charge in [0.15, 0.2) is 0 Å². The van der Waals surface area contributed by atoms with E-state index in [4.69, 9.17) is 0 Å². The summed E-state index contributed by atoms with van der Waals surface area (Å²) in [7, 11) is 0. The number of fused-ring (bicyclic) bond motifs is 1. The van der Waals surface area contributed by atoms with Crippen molar-refractivity contribution in [2.24, 2.45) is 0 Å². The molecule has 0 unspecified atom stereocenters. The zero-order valence-corrected chi connectivity index (χ0v) is 11.1. The van der Waals surface area contributed by atoms with Crippen LogP contribution >= 0.6 is 0 Å². The maximum absolute atomic E-state index is 9.34. The van der Waals surface area contributed by atoms with Gasteiger partial charge in [0.1, 0.15) is 6.07 Å². The predicted molar refractivity (Wildman–Crippen MR) is 77.7 cm³/mol. The average molecular weight is 248 g/mol. The third kappa shape index (κ3) is 1.98. The number of aryl methyl sites for hydroxylation is 2. The molecule has 0 amide bonds. The lowest BCUT2D eigenvalue weighted by Gasteiger charge is -2.33. The molecule has 1 heterocycles. The van der Waals surface area contributed by atoms with Gasteiger partial charge in [0.25, 0.3) is 0 Å². The quantitative estimate of drug-likeness (QED) is 0.764. The monoisotopic (exact) mass is 248 g/mol. The van der Waals surface area contributed by atoms with Crippen LogP contribution in [0, 0.1) is 18.3 Å². The highest BCUT2D eigenvalue weighted by Gasteiger charge is 2.21. The van der Waals surface area contributed by atoms with Crippen LogP contribution in [0.1, 0.15) is 23.1 Å². The van der Waals surface area contributed by atoms with Crippen LogP contribution < -0.4 is 4.90 Å². The summed E-state index contributed by atoms with van der Waals surface area (Å²) in [6.45, 7) is 3.06. The van der Waals surface area contributed by atoms with Gasteiger partial charge in [-0.15, -0.1) is 0 Å². The van der Waals surface area contributed by atoms with Gasteiger partial charge < -0.3 is 4.90 Å². The van der Waals surface area contributed by atoms with Gasteiger partial charge in [-0.05, 0) is 43.0 Å². The first-order valence-electron chi connectivity index (χ1n) is 6.66. The van der Waals surface area contributed by atoms with Gasteiger partial charge in [-0.1, -0.05) is 30.3 Å². The molecule has 0 saturated heterocycles. The van der Waals surface area contributed by atoms with Crippen LogP contribution in [0.2, 0.25) is 0 Å². The lowest BCUT2D eigenvalue weighted by atomic mass is 9.98. The Hall–Kier alpha value is -2.27. The molecule has 0 fully saturated rings. The first-order valence-corrected chi connectivity index (χ1v) is 6.66. The lowest BCUT2D eigenvalue weighted by Crippen LogP contribution is -2.25. The Kier molecular flexibility index (Phi) is 2.97. The summed E-state index contributed by atoms with van der Waals surface area (Å²) in [5.41, 5.74) is 5.62. The van der Waals surface area contributed by atoms with E-state index in [9.17, 15) is 5.26 Å². The van der Waals surface area contributed by atoms with Crippen LogP contribution in [0.15, 0.2) is 42.5 Å². The standard InChI is InChI=1S/C17H16N2/c1-13-6-4-8-15(12-18)17(13)19-11-5-9-14-7-2-3-10-16(14)19/h2-4,6-8,10H,5,9,11H2,1H3.